The van der Waals surface area contributed by atoms with Gasteiger partial charge in [-0.05, 0) is 26.0 Å². The highest BCUT2D eigenvalue weighted by Crippen LogP contribution is 2.35. The molecular weight excluding hydrogens is 226 g/mol. The highest BCUT2D eigenvalue weighted by Gasteiger charge is 2.21. The van der Waals surface area contributed by atoms with Gasteiger partial charge in [-0.1, -0.05) is 13.8 Å². The largest absolute Gasteiger partial charge is 0.494 e. The summed E-state index contributed by atoms with van der Waals surface area (Å²) in [6.07, 6.45) is 1.26. The third kappa shape index (κ3) is 2.96. The Labute approximate surface area is 109 Å². The van der Waals surface area contributed by atoms with E-state index in [0.717, 1.165) is 24.5 Å². The average Bonchev–Trinajstić information content (AvgIpc) is 2.65. The van der Waals surface area contributed by atoms with Crippen LogP contribution in [0, 0.1) is 0 Å². The van der Waals surface area contributed by atoms with Crippen molar-refractivity contribution in [3.8, 4) is 11.5 Å². The highest BCUT2D eigenvalue weighted by atomic mass is 16.5. The second kappa shape index (κ2) is 5.61. The van der Waals surface area contributed by atoms with Gasteiger partial charge in [0.15, 0.2) is 0 Å². The Morgan fingerprint density at radius 2 is 2.22 bits per heavy atom. The zero-order valence-corrected chi connectivity index (χ0v) is 11.7. The molecule has 0 amide bonds. The van der Waals surface area contributed by atoms with Crippen LogP contribution in [-0.4, -0.2) is 18.8 Å². The maximum absolute atomic E-state index is 5.80. The van der Waals surface area contributed by atoms with E-state index in [1.165, 1.54) is 11.1 Å². The summed E-state index contributed by atoms with van der Waals surface area (Å²) in [5, 5.41) is 3.43. The molecule has 0 aromatic heterocycles. The van der Waals surface area contributed by atoms with Crippen molar-refractivity contribution in [2.45, 2.75) is 52.8 Å². The summed E-state index contributed by atoms with van der Waals surface area (Å²) < 4.78 is 11.5. The summed E-state index contributed by atoms with van der Waals surface area (Å²) >= 11 is 0. The number of ether oxygens (including phenoxy) is 2. The first-order valence-corrected chi connectivity index (χ1v) is 6.78. The predicted molar refractivity (Wildman–Crippen MR) is 73.4 cm³/mol. The minimum absolute atomic E-state index is 0.280. The molecule has 0 spiro atoms. The Bertz CT molecular complexity index is 415. The first-order chi connectivity index (χ1) is 8.60. The molecule has 0 saturated heterocycles. The van der Waals surface area contributed by atoms with E-state index in [2.05, 4.69) is 38.2 Å². The molecule has 1 aliphatic heterocycles. The number of hydrogen-bond acceptors (Lipinski definition) is 3. The normalized spacial score (nSPS) is 17.7. The van der Waals surface area contributed by atoms with Crippen LogP contribution in [0.5, 0.6) is 11.5 Å². The molecule has 3 nitrogen and oxygen atoms in total. The van der Waals surface area contributed by atoms with Crippen molar-refractivity contribution in [3.05, 3.63) is 23.3 Å². The number of rotatable bonds is 5. The van der Waals surface area contributed by atoms with E-state index >= 15 is 0 Å². The van der Waals surface area contributed by atoms with E-state index in [-0.39, 0.29) is 6.10 Å². The molecule has 0 fully saturated rings. The van der Waals surface area contributed by atoms with E-state index in [4.69, 9.17) is 9.47 Å². The molecule has 1 aromatic carbocycles. The van der Waals surface area contributed by atoms with Crippen LogP contribution in [0.2, 0.25) is 0 Å². The third-order valence-corrected chi connectivity index (χ3v) is 3.08. The van der Waals surface area contributed by atoms with Gasteiger partial charge in [0.1, 0.15) is 17.6 Å². The van der Waals surface area contributed by atoms with Crippen LogP contribution in [0.4, 0.5) is 0 Å². The number of nitrogens with one attached hydrogen (secondary N) is 1. The molecular formula is C15H23NO2. The molecule has 0 bridgehead atoms. The molecule has 18 heavy (non-hydrogen) atoms. The van der Waals surface area contributed by atoms with Gasteiger partial charge in [0.25, 0.3) is 0 Å². The van der Waals surface area contributed by atoms with Crippen LogP contribution in [0.1, 0.15) is 38.8 Å². The Kier molecular flexibility index (Phi) is 4.12. The standard InChI is InChI=1S/C15H23NO2/c1-5-17-14-7-12-6-11(4)18-15(12)8-13(14)9-16-10(2)3/h7-8,10-11,16H,5-6,9H2,1-4H3. The van der Waals surface area contributed by atoms with Gasteiger partial charge in [-0.25, -0.2) is 0 Å². The second-order valence-corrected chi connectivity index (χ2v) is 5.17. The number of hydrogen-bond donors (Lipinski definition) is 1. The lowest BCUT2D eigenvalue weighted by Gasteiger charge is -2.14. The first-order valence-electron chi connectivity index (χ1n) is 6.78. The van der Waals surface area contributed by atoms with Gasteiger partial charge in [-0.3, -0.25) is 0 Å². The predicted octanol–water partition coefficient (Wildman–Crippen LogP) is 2.91. The monoisotopic (exact) mass is 249 g/mol. The Hall–Kier alpha value is -1.22. The summed E-state index contributed by atoms with van der Waals surface area (Å²) in [7, 11) is 0. The minimum atomic E-state index is 0.280. The van der Waals surface area contributed by atoms with Crippen molar-refractivity contribution in [3.63, 3.8) is 0 Å². The van der Waals surface area contributed by atoms with E-state index < -0.39 is 0 Å². The lowest BCUT2D eigenvalue weighted by atomic mass is 10.1. The molecule has 1 unspecified atom stereocenters. The van der Waals surface area contributed by atoms with Gasteiger partial charge in [0.05, 0.1) is 6.61 Å². The molecule has 0 aliphatic carbocycles. The Morgan fingerprint density at radius 1 is 1.44 bits per heavy atom. The Morgan fingerprint density at radius 3 is 2.89 bits per heavy atom. The zero-order chi connectivity index (χ0) is 13.1. The van der Waals surface area contributed by atoms with Gasteiger partial charge < -0.3 is 14.8 Å². The van der Waals surface area contributed by atoms with Crippen LogP contribution >= 0.6 is 0 Å². The minimum Gasteiger partial charge on any atom is -0.494 e. The smallest absolute Gasteiger partial charge is 0.124 e. The molecule has 3 heteroatoms. The average molecular weight is 249 g/mol. The molecule has 100 valence electrons. The topological polar surface area (TPSA) is 30.5 Å². The van der Waals surface area contributed by atoms with Crippen molar-refractivity contribution < 1.29 is 9.47 Å². The summed E-state index contributed by atoms with van der Waals surface area (Å²) in [5.74, 6) is 2.01. The number of fused-ring (bicyclic) bond motifs is 1. The van der Waals surface area contributed by atoms with Crippen LogP contribution in [0.25, 0.3) is 0 Å². The van der Waals surface area contributed by atoms with Gasteiger partial charge in [0.2, 0.25) is 0 Å². The highest BCUT2D eigenvalue weighted by molar-refractivity contribution is 5.48. The quantitative estimate of drug-likeness (QED) is 0.870. The molecule has 0 radical (unpaired) electrons. The first kappa shape index (κ1) is 13.2. The number of benzene rings is 1. The van der Waals surface area contributed by atoms with Crippen molar-refractivity contribution in [2.75, 3.05) is 6.61 Å². The lowest BCUT2D eigenvalue weighted by molar-refractivity contribution is 0.254. The van der Waals surface area contributed by atoms with Crippen molar-refractivity contribution in [1.82, 2.24) is 5.32 Å². The molecule has 1 atom stereocenters. The maximum Gasteiger partial charge on any atom is 0.124 e. The second-order valence-electron chi connectivity index (χ2n) is 5.17. The summed E-state index contributed by atoms with van der Waals surface area (Å²) in [5.41, 5.74) is 2.44. The fourth-order valence-electron chi connectivity index (χ4n) is 2.22. The van der Waals surface area contributed by atoms with Crippen LogP contribution in [0.15, 0.2) is 12.1 Å². The summed E-state index contributed by atoms with van der Waals surface area (Å²) in [6.45, 7) is 9.93. The molecule has 1 aliphatic rings. The summed E-state index contributed by atoms with van der Waals surface area (Å²) in [6, 6.07) is 4.73. The molecule has 2 rings (SSSR count). The van der Waals surface area contributed by atoms with Gasteiger partial charge in [0, 0.05) is 30.1 Å². The Balaban J connectivity index is 2.23. The zero-order valence-electron chi connectivity index (χ0n) is 11.7. The van der Waals surface area contributed by atoms with E-state index in [1.54, 1.807) is 0 Å². The van der Waals surface area contributed by atoms with E-state index in [0.29, 0.717) is 12.6 Å². The van der Waals surface area contributed by atoms with E-state index in [9.17, 15) is 0 Å². The van der Waals surface area contributed by atoms with Crippen LogP contribution in [-0.2, 0) is 13.0 Å². The maximum atomic E-state index is 5.80. The third-order valence-electron chi connectivity index (χ3n) is 3.08. The van der Waals surface area contributed by atoms with Gasteiger partial charge >= 0.3 is 0 Å². The molecule has 1 heterocycles. The van der Waals surface area contributed by atoms with Crippen LogP contribution in [0.3, 0.4) is 0 Å². The lowest BCUT2D eigenvalue weighted by Crippen LogP contribution is -2.22. The molecule has 1 aromatic rings. The summed E-state index contributed by atoms with van der Waals surface area (Å²) in [4.78, 5) is 0. The fraction of sp³-hybridized carbons (Fsp3) is 0.600. The fourth-order valence-corrected chi connectivity index (χ4v) is 2.22. The van der Waals surface area contributed by atoms with Crippen LogP contribution < -0.4 is 14.8 Å². The molecule has 0 saturated carbocycles. The van der Waals surface area contributed by atoms with Crippen molar-refractivity contribution in [1.29, 1.82) is 0 Å². The van der Waals surface area contributed by atoms with Crippen molar-refractivity contribution >= 4 is 0 Å². The van der Waals surface area contributed by atoms with Crippen molar-refractivity contribution in [2.24, 2.45) is 0 Å². The molecule has 1 N–H and O–H groups in total. The van der Waals surface area contributed by atoms with Gasteiger partial charge in [-0.2, -0.15) is 0 Å². The SMILES string of the molecule is CCOc1cc2c(cc1CNC(C)C)OC(C)C2. The van der Waals surface area contributed by atoms with Gasteiger partial charge in [-0.15, -0.1) is 0 Å². The van der Waals surface area contributed by atoms with E-state index in [1.807, 2.05) is 6.92 Å².